The molecule has 0 radical (unpaired) electrons. The number of rotatable bonds is 6. The summed E-state index contributed by atoms with van der Waals surface area (Å²) in [7, 11) is 0. The van der Waals surface area contributed by atoms with Gasteiger partial charge in [-0.05, 0) is 42.2 Å². The van der Waals surface area contributed by atoms with E-state index in [1.54, 1.807) is 0 Å². The van der Waals surface area contributed by atoms with Crippen LogP contribution in [0, 0.1) is 0 Å². The SMILES string of the molecule is CC(C)c1ccsc1C(=O)NCCCN1C(=O)NC2(CCCC2)C1=O. The van der Waals surface area contributed by atoms with E-state index in [-0.39, 0.29) is 17.8 Å². The summed E-state index contributed by atoms with van der Waals surface area (Å²) in [5.41, 5.74) is 0.406. The van der Waals surface area contributed by atoms with Crippen LogP contribution in [-0.2, 0) is 4.79 Å². The minimum Gasteiger partial charge on any atom is -0.351 e. The van der Waals surface area contributed by atoms with Gasteiger partial charge < -0.3 is 10.6 Å². The van der Waals surface area contributed by atoms with Gasteiger partial charge in [-0.25, -0.2) is 4.79 Å². The molecule has 0 bridgehead atoms. The molecule has 25 heavy (non-hydrogen) atoms. The Morgan fingerprint density at radius 2 is 2.08 bits per heavy atom. The predicted molar refractivity (Wildman–Crippen MR) is 96.8 cm³/mol. The summed E-state index contributed by atoms with van der Waals surface area (Å²) >= 11 is 1.44. The number of urea groups is 1. The molecule has 2 aliphatic rings. The van der Waals surface area contributed by atoms with Gasteiger partial charge in [0.1, 0.15) is 5.54 Å². The molecule has 1 spiro atoms. The van der Waals surface area contributed by atoms with Gasteiger partial charge in [0.05, 0.1) is 4.88 Å². The van der Waals surface area contributed by atoms with E-state index in [0.29, 0.717) is 25.4 Å². The number of nitrogens with zero attached hydrogens (tertiary/aromatic N) is 1. The van der Waals surface area contributed by atoms with Gasteiger partial charge in [-0.2, -0.15) is 0 Å². The molecule has 7 heteroatoms. The van der Waals surface area contributed by atoms with E-state index in [9.17, 15) is 14.4 Å². The Bertz CT molecular complexity index is 677. The summed E-state index contributed by atoms with van der Waals surface area (Å²) in [4.78, 5) is 39.0. The van der Waals surface area contributed by atoms with Crippen LogP contribution in [0.2, 0.25) is 0 Å². The fourth-order valence-corrected chi connectivity index (χ4v) is 4.64. The van der Waals surface area contributed by atoms with Gasteiger partial charge in [0.15, 0.2) is 0 Å². The lowest BCUT2D eigenvalue weighted by molar-refractivity contribution is -0.131. The minimum absolute atomic E-state index is 0.0804. The van der Waals surface area contributed by atoms with Crippen molar-refractivity contribution in [2.24, 2.45) is 0 Å². The lowest BCUT2D eigenvalue weighted by Crippen LogP contribution is -2.44. The van der Waals surface area contributed by atoms with Crippen molar-refractivity contribution >= 4 is 29.2 Å². The first-order valence-corrected chi connectivity index (χ1v) is 9.82. The third-order valence-corrected chi connectivity index (χ3v) is 6.00. The molecule has 0 atom stereocenters. The maximum absolute atomic E-state index is 12.5. The summed E-state index contributed by atoms with van der Waals surface area (Å²) in [6.07, 6.45) is 4.00. The van der Waals surface area contributed by atoms with Gasteiger partial charge in [-0.3, -0.25) is 14.5 Å². The first kappa shape index (κ1) is 17.9. The maximum atomic E-state index is 12.5. The van der Waals surface area contributed by atoms with Crippen molar-refractivity contribution in [2.75, 3.05) is 13.1 Å². The summed E-state index contributed by atoms with van der Waals surface area (Å²) in [5, 5.41) is 7.70. The average Bonchev–Trinajstić information content (AvgIpc) is 3.27. The predicted octanol–water partition coefficient (Wildman–Crippen LogP) is 2.86. The molecule has 4 amide bonds. The molecule has 1 aliphatic heterocycles. The topological polar surface area (TPSA) is 78.5 Å². The second-order valence-corrected chi connectivity index (χ2v) is 8.06. The zero-order chi connectivity index (χ0) is 18.0. The third kappa shape index (κ3) is 3.42. The van der Waals surface area contributed by atoms with E-state index in [4.69, 9.17) is 0 Å². The van der Waals surface area contributed by atoms with Crippen LogP contribution in [0.4, 0.5) is 4.79 Å². The molecule has 0 unspecified atom stereocenters. The number of imide groups is 1. The highest BCUT2D eigenvalue weighted by molar-refractivity contribution is 7.12. The molecule has 2 heterocycles. The van der Waals surface area contributed by atoms with E-state index in [1.165, 1.54) is 16.2 Å². The molecule has 1 saturated carbocycles. The van der Waals surface area contributed by atoms with E-state index < -0.39 is 5.54 Å². The van der Waals surface area contributed by atoms with Crippen LogP contribution < -0.4 is 10.6 Å². The average molecular weight is 363 g/mol. The van der Waals surface area contributed by atoms with Crippen LogP contribution in [0.25, 0.3) is 0 Å². The fourth-order valence-electron chi connectivity index (χ4n) is 3.67. The molecule has 1 aromatic rings. The van der Waals surface area contributed by atoms with Gasteiger partial charge in [0.2, 0.25) is 0 Å². The van der Waals surface area contributed by atoms with Crippen LogP contribution in [-0.4, -0.2) is 41.4 Å². The molecule has 0 aromatic carbocycles. The number of nitrogens with one attached hydrogen (secondary N) is 2. The Kier molecular flexibility index (Phi) is 5.13. The lowest BCUT2D eigenvalue weighted by atomic mass is 9.98. The van der Waals surface area contributed by atoms with Crippen molar-refractivity contribution in [3.05, 3.63) is 21.9 Å². The highest BCUT2D eigenvalue weighted by atomic mass is 32.1. The molecule has 1 aliphatic carbocycles. The van der Waals surface area contributed by atoms with Crippen LogP contribution in [0.5, 0.6) is 0 Å². The smallest absolute Gasteiger partial charge is 0.325 e. The van der Waals surface area contributed by atoms with E-state index in [2.05, 4.69) is 24.5 Å². The second-order valence-electron chi connectivity index (χ2n) is 7.15. The van der Waals surface area contributed by atoms with Gasteiger partial charge in [0, 0.05) is 13.1 Å². The van der Waals surface area contributed by atoms with Crippen LogP contribution in [0.1, 0.15) is 67.1 Å². The Morgan fingerprint density at radius 1 is 1.36 bits per heavy atom. The maximum Gasteiger partial charge on any atom is 0.325 e. The molecule has 1 saturated heterocycles. The largest absolute Gasteiger partial charge is 0.351 e. The molecule has 1 aromatic heterocycles. The monoisotopic (exact) mass is 363 g/mol. The number of hydrogen-bond donors (Lipinski definition) is 2. The minimum atomic E-state index is -0.649. The van der Waals surface area contributed by atoms with E-state index >= 15 is 0 Å². The van der Waals surface area contributed by atoms with E-state index in [0.717, 1.165) is 36.1 Å². The first-order chi connectivity index (χ1) is 11.9. The number of carbonyl (C=O) groups excluding carboxylic acids is 3. The normalized spacial score (nSPS) is 19.1. The van der Waals surface area contributed by atoms with Gasteiger partial charge in [-0.15, -0.1) is 11.3 Å². The second kappa shape index (κ2) is 7.15. The highest BCUT2D eigenvalue weighted by Crippen LogP contribution is 2.35. The highest BCUT2D eigenvalue weighted by Gasteiger charge is 2.51. The van der Waals surface area contributed by atoms with Crippen molar-refractivity contribution < 1.29 is 14.4 Å². The van der Waals surface area contributed by atoms with E-state index in [1.807, 2.05) is 11.4 Å². The Labute approximate surface area is 152 Å². The molecule has 6 nitrogen and oxygen atoms in total. The van der Waals surface area contributed by atoms with Crippen molar-refractivity contribution in [3.63, 3.8) is 0 Å². The summed E-state index contributed by atoms with van der Waals surface area (Å²) < 4.78 is 0. The summed E-state index contributed by atoms with van der Waals surface area (Å²) in [6, 6.07) is 1.69. The lowest BCUT2D eigenvalue weighted by Gasteiger charge is -2.20. The number of amides is 4. The summed E-state index contributed by atoms with van der Waals surface area (Å²) in [6.45, 7) is 4.91. The zero-order valence-corrected chi connectivity index (χ0v) is 15.6. The fraction of sp³-hybridized carbons (Fsp3) is 0.611. The molecule has 2 N–H and O–H groups in total. The van der Waals surface area contributed by atoms with Crippen molar-refractivity contribution in [3.8, 4) is 0 Å². The molecule has 136 valence electrons. The first-order valence-electron chi connectivity index (χ1n) is 8.94. The molecular formula is C18H25N3O3S. The van der Waals surface area contributed by atoms with Gasteiger partial charge >= 0.3 is 6.03 Å². The Morgan fingerprint density at radius 3 is 2.76 bits per heavy atom. The zero-order valence-electron chi connectivity index (χ0n) is 14.8. The van der Waals surface area contributed by atoms with Crippen LogP contribution in [0.15, 0.2) is 11.4 Å². The Hall–Kier alpha value is -1.89. The Balaban J connectivity index is 1.48. The van der Waals surface area contributed by atoms with Crippen molar-refractivity contribution in [1.82, 2.24) is 15.5 Å². The van der Waals surface area contributed by atoms with Crippen LogP contribution in [0.3, 0.4) is 0 Å². The quantitative estimate of drug-likeness (QED) is 0.602. The van der Waals surface area contributed by atoms with Crippen LogP contribution >= 0.6 is 11.3 Å². The molecule has 2 fully saturated rings. The van der Waals surface area contributed by atoms with Gasteiger partial charge in [-0.1, -0.05) is 26.7 Å². The standard InChI is InChI=1S/C18H25N3O3S/c1-12(2)13-6-11-25-14(13)15(22)19-9-5-10-21-16(23)18(20-17(21)24)7-3-4-8-18/h6,11-12H,3-5,7-10H2,1-2H3,(H,19,22)(H,20,24). The number of hydrogen-bond acceptors (Lipinski definition) is 4. The van der Waals surface area contributed by atoms with Crippen molar-refractivity contribution in [2.45, 2.75) is 57.4 Å². The third-order valence-electron chi connectivity index (χ3n) is 5.07. The number of carbonyl (C=O) groups is 3. The van der Waals surface area contributed by atoms with Crippen molar-refractivity contribution in [1.29, 1.82) is 0 Å². The van der Waals surface area contributed by atoms with Gasteiger partial charge in [0.25, 0.3) is 11.8 Å². The molecule has 3 rings (SSSR count). The summed E-state index contributed by atoms with van der Waals surface area (Å²) in [5.74, 6) is 0.130. The molecular weight excluding hydrogens is 338 g/mol. The number of thiophene rings is 1.